The van der Waals surface area contributed by atoms with Gasteiger partial charge < -0.3 is 0 Å². The van der Waals surface area contributed by atoms with E-state index in [9.17, 15) is 0 Å². The van der Waals surface area contributed by atoms with Gasteiger partial charge in [-0.05, 0) is 23.7 Å². The molecule has 0 fully saturated rings. The average Bonchev–Trinajstić information content (AvgIpc) is 1.89. The van der Waals surface area contributed by atoms with Crippen molar-refractivity contribution in [3.63, 3.8) is 0 Å². The van der Waals surface area contributed by atoms with Gasteiger partial charge in [-0.1, -0.05) is 35.4 Å². The van der Waals surface area contributed by atoms with Crippen molar-refractivity contribution in [2.24, 2.45) is 0 Å². The van der Waals surface area contributed by atoms with E-state index in [0.717, 1.165) is 6.42 Å². The first-order valence-electron chi connectivity index (χ1n) is 3.77. The highest BCUT2D eigenvalue weighted by Gasteiger charge is 1.88. The molecule has 1 heteroatoms. The quantitative estimate of drug-likeness (QED) is 0.287. The third kappa shape index (κ3) is 8.60. The molecule has 0 aliphatic carbocycles. The minimum Gasteiger partial charge on any atom is -0.0864 e. The van der Waals surface area contributed by atoms with Crippen LogP contribution in [0.1, 0.15) is 38.5 Å². The van der Waals surface area contributed by atoms with Crippen LogP contribution in [0.25, 0.3) is 0 Å². The molecule has 0 atom stereocenters. The topological polar surface area (TPSA) is 0 Å². The molecule has 54 valence electrons. The molecule has 0 aromatic carbocycles. The molecule has 0 spiro atoms. The molecule has 0 unspecified atom stereocenters. The molecular weight excluding hydrogens is 223 g/mol. The van der Waals surface area contributed by atoms with Gasteiger partial charge in [-0.15, -0.1) is 0 Å². The summed E-state index contributed by atoms with van der Waals surface area (Å²) >= 11 is 2.44. The number of alkyl halides is 1. The second-order valence-corrected chi connectivity index (χ2v) is 3.39. The molecule has 0 aromatic rings. The largest absolute Gasteiger partial charge is 0.0864 e. The maximum absolute atomic E-state index is 3.80. The molecule has 0 bridgehead atoms. The van der Waals surface area contributed by atoms with Crippen molar-refractivity contribution in [1.29, 1.82) is 0 Å². The molecule has 0 saturated carbocycles. The Labute approximate surface area is 72.6 Å². The maximum Gasteiger partial charge on any atom is 0.0850 e. The van der Waals surface area contributed by atoms with Crippen LogP contribution >= 0.6 is 22.6 Å². The van der Waals surface area contributed by atoms with E-state index in [2.05, 4.69) is 29.5 Å². The Hall–Kier alpha value is 0.600. The molecule has 0 amide bonds. The van der Waals surface area contributed by atoms with Crippen LogP contribution in [0.15, 0.2) is 0 Å². The Morgan fingerprint density at radius 3 is 2.00 bits per heavy atom. The maximum atomic E-state index is 3.80. The number of hydrogen-bond acceptors (Lipinski definition) is 0. The van der Waals surface area contributed by atoms with Crippen LogP contribution in [0.2, 0.25) is 0 Å². The lowest BCUT2D eigenvalue weighted by Gasteiger charge is -1.93. The van der Waals surface area contributed by atoms with E-state index in [4.69, 9.17) is 0 Å². The fourth-order valence-electron chi connectivity index (χ4n) is 0.802. The standard InChI is InChI=1S/C8H16I/c1-2-3-4-5-6-7-8-9/h1-8H2/q+1. The third-order valence-electron chi connectivity index (χ3n) is 1.38. The Morgan fingerprint density at radius 1 is 0.889 bits per heavy atom. The van der Waals surface area contributed by atoms with Crippen LogP contribution < -0.4 is 0 Å². The Kier molecular flexibility index (Phi) is 9.17. The fraction of sp³-hybridized carbons (Fsp3) is 0.875. The van der Waals surface area contributed by atoms with Gasteiger partial charge in [-0.2, -0.15) is 0 Å². The number of hydrogen-bond donors (Lipinski definition) is 0. The van der Waals surface area contributed by atoms with Crippen molar-refractivity contribution in [3.05, 3.63) is 6.92 Å². The van der Waals surface area contributed by atoms with Crippen LogP contribution in [0.5, 0.6) is 0 Å². The lowest BCUT2D eigenvalue weighted by atomic mass is 10.1. The number of halogens is 1. The summed E-state index contributed by atoms with van der Waals surface area (Å²) in [6.07, 6.45) is 8.06. The monoisotopic (exact) mass is 239 g/mol. The second-order valence-electron chi connectivity index (χ2n) is 2.31. The van der Waals surface area contributed by atoms with Gasteiger partial charge in [0.2, 0.25) is 0 Å². The van der Waals surface area contributed by atoms with Gasteiger partial charge in [-0.3, -0.25) is 0 Å². The SMILES string of the molecule is [CH2+]CCCCCCCI. The number of rotatable bonds is 6. The normalized spacial score (nSPS) is 9.89. The second kappa shape index (κ2) is 8.60. The van der Waals surface area contributed by atoms with Gasteiger partial charge in [0.25, 0.3) is 0 Å². The summed E-state index contributed by atoms with van der Waals surface area (Å²) in [4.78, 5) is 0. The van der Waals surface area contributed by atoms with Crippen LogP contribution in [-0.2, 0) is 0 Å². The van der Waals surface area contributed by atoms with Crippen molar-refractivity contribution >= 4 is 22.6 Å². The van der Waals surface area contributed by atoms with E-state index in [0.29, 0.717) is 0 Å². The van der Waals surface area contributed by atoms with Crippen molar-refractivity contribution < 1.29 is 0 Å². The van der Waals surface area contributed by atoms with Crippen molar-refractivity contribution in [2.45, 2.75) is 38.5 Å². The van der Waals surface area contributed by atoms with Crippen molar-refractivity contribution in [1.82, 2.24) is 0 Å². The molecule has 0 saturated heterocycles. The number of unbranched alkanes of at least 4 members (excludes halogenated alkanes) is 5. The minimum atomic E-state index is 1.12. The minimum absolute atomic E-state index is 1.12. The predicted molar refractivity (Wildman–Crippen MR) is 51.9 cm³/mol. The van der Waals surface area contributed by atoms with Crippen molar-refractivity contribution in [3.8, 4) is 0 Å². The van der Waals surface area contributed by atoms with Gasteiger partial charge in [0.15, 0.2) is 0 Å². The van der Waals surface area contributed by atoms with E-state index in [1.165, 1.54) is 36.5 Å². The Bertz CT molecular complexity index is 37.8. The molecule has 0 heterocycles. The van der Waals surface area contributed by atoms with Gasteiger partial charge in [0, 0.05) is 0 Å². The highest BCUT2D eigenvalue weighted by Crippen LogP contribution is 2.05. The summed E-state index contributed by atoms with van der Waals surface area (Å²) in [5.41, 5.74) is 0. The summed E-state index contributed by atoms with van der Waals surface area (Å²) in [6, 6.07) is 0. The predicted octanol–water partition coefficient (Wildman–Crippen LogP) is 3.60. The smallest absolute Gasteiger partial charge is 0.0850 e. The highest BCUT2D eigenvalue weighted by atomic mass is 127. The van der Waals surface area contributed by atoms with Crippen LogP contribution in [0, 0.1) is 6.92 Å². The first-order chi connectivity index (χ1) is 4.41. The van der Waals surface area contributed by atoms with E-state index in [-0.39, 0.29) is 0 Å². The average molecular weight is 239 g/mol. The molecule has 0 aliphatic heterocycles. The molecule has 0 nitrogen and oxygen atoms in total. The van der Waals surface area contributed by atoms with Gasteiger partial charge in [-0.25, -0.2) is 0 Å². The molecule has 0 N–H and O–H groups in total. The van der Waals surface area contributed by atoms with Gasteiger partial charge in [0.05, 0.1) is 13.3 Å². The first-order valence-corrected chi connectivity index (χ1v) is 5.29. The van der Waals surface area contributed by atoms with E-state index in [1.807, 2.05) is 0 Å². The lowest BCUT2D eigenvalue weighted by Crippen LogP contribution is -1.78. The fourth-order valence-corrected chi connectivity index (χ4v) is 1.34. The molecular formula is C8H16I+. The summed E-state index contributed by atoms with van der Waals surface area (Å²) in [6.45, 7) is 3.80. The zero-order valence-electron chi connectivity index (χ0n) is 6.03. The third-order valence-corrected chi connectivity index (χ3v) is 2.15. The molecule has 0 aliphatic rings. The lowest BCUT2D eigenvalue weighted by molar-refractivity contribution is 0.641. The van der Waals surface area contributed by atoms with E-state index >= 15 is 0 Å². The summed E-state index contributed by atoms with van der Waals surface area (Å²) in [5, 5.41) is 0. The molecule has 0 aromatic heterocycles. The van der Waals surface area contributed by atoms with Gasteiger partial charge in [0.1, 0.15) is 0 Å². The van der Waals surface area contributed by atoms with Crippen LogP contribution in [0.3, 0.4) is 0 Å². The van der Waals surface area contributed by atoms with Crippen LogP contribution in [-0.4, -0.2) is 4.43 Å². The molecule has 0 rings (SSSR count). The summed E-state index contributed by atoms with van der Waals surface area (Å²) < 4.78 is 1.32. The van der Waals surface area contributed by atoms with Crippen molar-refractivity contribution in [2.75, 3.05) is 4.43 Å². The van der Waals surface area contributed by atoms with Crippen LogP contribution in [0.4, 0.5) is 0 Å². The van der Waals surface area contributed by atoms with E-state index in [1.54, 1.807) is 0 Å². The zero-order valence-corrected chi connectivity index (χ0v) is 8.19. The molecule has 0 radical (unpaired) electrons. The summed E-state index contributed by atoms with van der Waals surface area (Å²) in [7, 11) is 0. The van der Waals surface area contributed by atoms with Gasteiger partial charge >= 0.3 is 0 Å². The Balaban J connectivity index is 2.60. The Morgan fingerprint density at radius 2 is 1.44 bits per heavy atom. The summed E-state index contributed by atoms with van der Waals surface area (Å²) in [5.74, 6) is 0. The zero-order chi connectivity index (χ0) is 6.95. The highest BCUT2D eigenvalue weighted by molar-refractivity contribution is 14.1. The first kappa shape index (κ1) is 9.60. The molecule has 9 heavy (non-hydrogen) atoms. The van der Waals surface area contributed by atoms with E-state index < -0.39 is 0 Å².